The molecule has 3 heteroatoms. The summed E-state index contributed by atoms with van der Waals surface area (Å²) in [5.41, 5.74) is 4.78. The van der Waals surface area contributed by atoms with Gasteiger partial charge in [-0.1, -0.05) is 91.0 Å². The van der Waals surface area contributed by atoms with Gasteiger partial charge in [0.15, 0.2) is 0 Å². The van der Waals surface area contributed by atoms with Gasteiger partial charge in [0.25, 0.3) is 0 Å². The molecule has 0 aliphatic carbocycles. The number of benzene rings is 6. The van der Waals surface area contributed by atoms with Crippen LogP contribution >= 0.6 is 11.3 Å². The van der Waals surface area contributed by atoms with Gasteiger partial charge in [0, 0.05) is 43.2 Å². The lowest BCUT2D eigenvalue weighted by molar-refractivity contribution is 1.21. The predicted octanol–water partition coefficient (Wildman–Crippen LogP) is 10.0. The molecule has 6 aromatic carbocycles. The first kappa shape index (κ1) is 20.3. The molecule has 0 N–H and O–H groups in total. The normalized spacial score (nSPS) is 12.2. The molecule has 0 saturated heterocycles. The molecule has 9 rings (SSSR count). The third-order valence-electron chi connectivity index (χ3n) is 8.00. The molecule has 0 saturated carbocycles. The summed E-state index contributed by atoms with van der Waals surface area (Å²) in [6.45, 7) is 0. The number of aromatic nitrogens is 2. The van der Waals surface area contributed by atoms with Crippen molar-refractivity contribution in [2.24, 2.45) is 0 Å². The lowest BCUT2D eigenvalue weighted by Gasteiger charge is -2.14. The Morgan fingerprint density at radius 1 is 0.526 bits per heavy atom. The summed E-state index contributed by atoms with van der Waals surface area (Å²) in [7, 11) is 0. The topological polar surface area (TPSA) is 17.8 Å². The fraction of sp³-hybridized carbons (Fsp3) is 0. The van der Waals surface area contributed by atoms with Crippen molar-refractivity contribution in [3.05, 3.63) is 121 Å². The van der Waals surface area contributed by atoms with Crippen LogP contribution in [0.2, 0.25) is 0 Å². The van der Waals surface area contributed by atoms with Gasteiger partial charge >= 0.3 is 0 Å². The monoisotopic (exact) mass is 500 g/mol. The minimum absolute atomic E-state index is 1.09. The molecule has 3 heterocycles. The van der Waals surface area contributed by atoms with Gasteiger partial charge in [0.1, 0.15) is 0 Å². The van der Waals surface area contributed by atoms with Crippen LogP contribution in [0.25, 0.3) is 80.1 Å². The van der Waals surface area contributed by atoms with E-state index in [1.54, 1.807) is 0 Å². The van der Waals surface area contributed by atoms with E-state index in [0.29, 0.717) is 0 Å². The molecule has 0 aliphatic heterocycles. The SMILES string of the molecule is c1ccc2c(c1)ccc1c(-n3c4ccccc4c4c5cccnc5c5sc6ccccc6c5c43)cccc12. The second-order valence-corrected chi connectivity index (χ2v) is 11.0. The van der Waals surface area contributed by atoms with Crippen LogP contribution in [0.5, 0.6) is 0 Å². The number of rotatable bonds is 1. The summed E-state index contributed by atoms with van der Waals surface area (Å²) in [6, 6.07) is 41.9. The van der Waals surface area contributed by atoms with E-state index in [2.05, 4.69) is 120 Å². The quantitative estimate of drug-likeness (QED) is 0.205. The van der Waals surface area contributed by atoms with Crippen LogP contribution < -0.4 is 0 Å². The zero-order chi connectivity index (χ0) is 24.8. The van der Waals surface area contributed by atoms with E-state index in [4.69, 9.17) is 4.98 Å². The number of nitrogens with zero attached hydrogens (tertiary/aromatic N) is 2. The molecular weight excluding hydrogens is 480 g/mol. The lowest BCUT2D eigenvalue weighted by Crippen LogP contribution is -1.96. The molecule has 176 valence electrons. The average molecular weight is 501 g/mol. The summed E-state index contributed by atoms with van der Waals surface area (Å²) >= 11 is 1.85. The number of hydrogen-bond acceptors (Lipinski definition) is 2. The smallest absolute Gasteiger partial charge is 0.0888 e. The molecule has 0 fully saturated rings. The third-order valence-corrected chi connectivity index (χ3v) is 9.18. The summed E-state index contributed by atoms with van der Waals surface area (Å²) in [4.78, 5) is 4.93. The number of para-hydroxylation sites is 1. The molecule has 0 atom stereocenters. The first-order valence-corrected chi connectivity index (χ1v) is 13.7. The highest BCUT2D eigenvalue weighted by Crippen LogP contribution is 2.47. The maximum atomic E-state index is 4.93. The molecule has 0 unspecified atom stereocenters. The van der Waals surface area contributed by atoms with E-state index in [1.165, 1.54) is 74.6 Å². The summed E-state index contributed by atoms with van der Waals surface area (Å²) < 4.78 is 5.06. The molecular formula is C35H20N2S. The number of pyridine rings is 1. The maximum Gasteiger partial charge on any atom is 0.0888 e. The van der Waals surface area contributed by atoms with E-state index < -0.39 is 0 Å². The van der Waals surface area contributed by atoms with Crippen molar-refractivity contribution < 1.29 is 0 Å². The highest BCUT2D eigenvalue weighted by molar-refractivity contribution is 7.26. The van der Waals surface area contributed by atoms with E-state index in [-0.39, 0.29) is 0 Å². The van der Waals surface area contributed by atoms with E-state index in [1.807, 2.05) is 17.5 Å². The van der Waals surface area contributed by atoms with Gasteiger partial charge in [-0.2, -0.15) is 0 Å². The standard InChI is InChI=1S/C35H20N2S/c1-2-10-22-21(9-1)18-19-24-23(22)13-7-16-28(24)37-29-15-5-3-11-25(29)31-27-14-8-20-36-33(27)35-32(34(31)37)26-12-4-6-17-30(26)38-35/h1-20H. The van der Waals surface area contributed by atoms with E-state index >= 15 is 0 Å². The summed E-state index contributed by atoms with van der Waals surface area (Å²) in [5, 5.41) is 11.4. The first-order chi connectivity index (χ1) is 18.9. The molecule has 0 bridgehead atoms. The van der Waals surface area contributed by atoms with Crippen molar-refractivity contribution in [2.45, 2.75) is 0 Å². The van der Waals surface area contributed by atoms with Gasteiger partial charge in [-0.05, 0) is 40.4 Å². The maximum absolute atomic E-state index is 4.93. The molecule has 9 aromatic rings. The van der Waals surface area contributed by atoms with Crippen molar-refractivity contribution in [1.29, 1.82) is 0 Å². The average Bonchev–Trinajstić information content (AvgIpc) is 3.53. The molecule has 0 spiro atoms. The Kier molecular flexibility index (Phi) is 3.96. The van der Waals surface area contributed by atoms with Gasteiger partial charge in [-0.25, -0.2) is 0 Å². The molecule has 2 nitrogen and oxygen atoms in total. The van der Waals surface area contributed by atoms with Crippen LogP contribution in [0.4, 0.5) is 0 Å². The van der Waals surface area contributed by atoms with Crippen LogP contribution in [-0.4, -0.2) is 9.55 Å². The summed E-state index contributed by atoms with van der Waals surface area (Å²) in [6.07, 6.45) is 1.92. The second-order valence-electron chi connectivity index (χ2n) is 9.94. The van der Waals surface area contributed by atoms with Crippen LogP contribution in [0, 0.1) is 0 Å². The first-order valence-electron chi connectivity index (χ1n) is 12.9. The van der Waals surface area contributed by atoms with Crippen LogP contribution in [0.3, 0.4) is 0 Å². The second kappa shape index (κ2) is 7.41. The van der Waals surface area contributed by atoms with Gasteiger partial charge in [0.2, 0.25) is 0 Å². The van der Waals surface area contributed by atoms with Crippen LogP contribution in [0.15, 0.2) is 121 Å². The number of thiophene rings is 1. The minimum Gasteiger partial charge on any atom is -0.308 e. The zero-order valence-corrected chi connectivity index (χ0v) is 21.2. The molecule has 38 heavy (non-hydrogen) atoms. The van der Waals surface area contributed by atoms with Crippen LogP contribution in [0.1, 0.15) is 0 Å². The Morgan fingerprint density at radius 3 is 2.24 bits per heavy atom. The van der Waals surface area contributed by atoms with Gasteiger partial charge in [-0.15, -0.1) is 11.3 Å². The zero-order valence-electron chi connectivity index (χ0n) is 20.3. The van der Waals surface area contributed by atoms with Crippen LogP contribution in [-0.2, 0) is 0 Å². The Bertz CT molecular complexity index is 2410. The van der Waals surface area contributed by atoms with Gasteiger partial charge in [0.05, 0.1) is 26.9 Å². The molecule has 0 aliphatic rings. The largest absolute Gasteiger partial charge is 0.308 e. The Balaban J connectivity index is 1.60. The number of fused-ring (bicyclic) bond motifs is 13. The summed E-state index contributed by atoms with van der Waals surface area (Å²) in [5.74, 6) is 0. The van der Waals surface area contributed by atoms with Gasteiger partial charge < -0.3 is 4.57 Å². The van der Waals surface area contributed by atoms with Crippen molar-refractivity contribution in [1.82, 2.24) is 9.55 Å². The third kappa shape index (κ3) is 2.54. The van der Waals surface area contributed by atoms with Crippen molar-refractivity contribution in [3.63, 3.8) is 0 Å². The highest BCUT2D eigenvalue weighted by Gasteiger charge is 2.22. The van der Waals surface area contributed by atoms with Gasteiger partial charge in [-0.3, -0.25) is 4.98 Å². The van der Waals surface area contributed by atoms with Crippen molar-refractivity contribution in [3.8, 4) is 5.69 Å². The fourth-order valence-corrected chi connectivity index (χ4v) is 7.67. The lowest BCUT2D eigenvalue weighted by atomic mass is 10.0. The molecule has 0 amide bonds. The van der Waals surface area contributed by atoms with E-state index in [9.17, 15) is 0 Å². The fourth-order valence-electron chi connectivity index (χ4n) is 6.45. The van der Waals surface area contributed by atoms with Crippen molar-refractivity contribution in [2.75, 3.05) is 0 Å². The van der Waals surface area contributed by atoms with E-state index in [0.717, 1.165) is 5.52 Å². The molecule has 3 aromatic heterocycles. The molecule has 0 radical (unpaired) electrons. The predicted molar refractivity (Wildman–Crippen MR) is 164 cm³/mol. The Labute approximate surface area is 222 Å². The number of hydrogen-bond donors (Lipinski definition) is 0. The minimum atomic E-state index is 1.09. The highest BCUT2D eigenvalue weighted by atomic mass is 32.1. The van der Waals surface area contributed by atoms with Crippen molar-refractivity contribution >= 4 is 85.8 Å². The Hall–Kier alpha value is -4.73. The Morgan fingerprint density at radius 2 is 1.29 bits per heavy atom.